The molecule has 0 aromatic carbocycles. The van der Waals surface area contributed by atoms with Crippen molar-refractivity contribution >= 4 is 0 Å². The van der Waals surface area contributed by atoms with Crippen LogP contribution in [0.3, 0.4) is 0 Å². The Labute approximate surface area is 97.0 Å². The molecule has 10 heterocycles. The molecular weight excluding hydrogens is 307 g/mol. The van der Waals surface area contributed by atoms with E-state index in [1.807, 2.05) is 0 Å². The van der Waals surface area contributed by atoms with Crippen molar-refractivity contribution in [2.45, 2.75) is 71.4 Å². The van der Waals surface area contributed by atoms with Crippen molar-refractivity contribution in [1.82, 2.24) is 4.90 Å². The molecule has 0 radical (unpaired) electrons. The van der Waals surface area contributed by atoms with E-state index >= 15 is 0 Å². The van der Waals surface area contributed by atoms with E-state index in [-0.39, 0.29) is 0 Å². The second-order valence-electron chi connectivity index (χ2n) is 11.6. The Hall–Kier alpha value is 0.583. The molecule has 10 saturated heterocycles. The first-order chi connectivity index (χ1) is 8.48. The summed E-state index contributed by atoms with van der Waals surface area (Å²) < 4.78 is 14.8. The van der Waals surface area contributed by atoms with E-state index in [2.05, 4.69) is 25.7 Å². The first-order valence-electron chi connectivity index (χ1n) is 8.43. The van der Waals surface area contributed by atoms with Crippen LogP contribution < -0.4 is 0 Å². The molecule has 10 aliphatic heterocycles. The molecule has 0 aromatic rings. The fraction of sp³-hybridized carbons (Fsp3) is 1.00. The van der Waals surface area contributed by atoms with Crippen molar-refractivity contribution in [2.75, 3.05) is 13.1 Å². The third kappa shape index (κ3) is 0.0778. The fourth-order valence-electron chi connectivity index (χ4n) is 18.6. The quantitative estimate of drug-likeness (QED) is 0.687. The fourth-order valence-corrected chi connectivity index (χ4v) is 154. The summed E-state index contributed by atoms with van der Waals surface area (Å²) in [6, 6.07) is 1.02. The van der Waals surface area contributed by atoms with Gasteiger partial charge in [0, 0.05) is 0 Å². The normalized spacial score (nSPS) is 115. The van der Waals surface area contributed by atoms with Gasteiger partial charge in [0.25, 0.3) is 0 Å². The summed E-state index contributed by atoms with van der Waals surface area (Å²) in [7, 11) is -3.06. The Bertz CT molecular complexity index is 877. The van der Waals surface area contributed by atoms with E-state index in [4.69, 9.17) is 0 Å². The molecule has 18 heavy (non-hydrogen) atoms. The van der Waals surface area contributed by atoms with Crippen molar-refractivity contribution in [3.8, 4) is 0 Å². The SMILES string of the molecule is CCN(CC)C(C)[C]12[CH]3[CH]4[CH]5[CH]1[Ru]45321678[CH]2[CH]1[CH]6[CH]7[CH]28. The van der Waals surface area contributed by atoms with Crippen LogP contribution >= 0.6 is 0 Å². The topological polar surface area (TPSA) is 3.24 Å². The van der Waals surface area contributed by atoms with Crippen molar-refractivity contribution in [2.24, 2.45) is 0 Å². The molecule has 0 aliphatic carbocycles. The summed E-state index contributed by atoms with van der Waals surface area (Å²) in [5, 5.41) is 0. The van der Waals surface area contributed by atoms with Gasteiger partial charge < -0.3 is 0 Å². The van der Waals surface area contributed by atoms with Gasteiger partial charge in [0.2, 0.25) is 0 Å². The Morgan fingerprint density at radius 1 is 0.889 bits per heavy atom. The van der Waals surface area contributed by atoms with Crippen LogP contribution in [0.5, 0.6) is 0 Å². The van der Waals surface area contributed by atoms with Crippen molar-refractivity contribution in [1.29, 1.82) is 0 Å². The van der Waals surface area contributed by atoms with Gasteiger partial charge >= 0.3 is 97.1 Å². The molecule has 0 N–H and O–H groups in total. The molecule has 5 unspecified atom stereocenters. The average Bonchev–Trinajstić information content (AvgIpc) is 3.32. The van der Waals surface area contributed by atoms with Crippen LogP contribution in [-0.2, 0) is 7.72 Å². The Morgan fingerprint density at radius 2 is 1.33 bits per heavy atom. The zero-order chi connectivity index (χ0) is 11.6. The monoisotopic (exact) mass is 331 g/mol. The summed E-state index contributed by atoms with van der Waals surface area (Å²) in [5.41, 5.74) is 0. The van der Waals surface area contributed by atoms with Crippen LogP contribution in [0.25, 0.3) is 0 Å². The van der Waals surface area contributed by atoms with E-state index in [1.165, 1.54) is 53.7 Å². The zero-order valence-corrected chi connectivity index (χ0v) is 13.2. The van der Waals surface area contributed by atoms with Gasteiger partial charge in [0.1, 0.15) is 0 Å². The molecule has 2 heteroatoms. The van der Waals surface area contributed by atoms with Crippen molar-refractivity contribution < 1.29 is 7.72 Å². The van der Waals surface area contributed by atoms with Crippen molar-refractivity contribution in [3.05, 3.63) is 0 Å². The number of rotatable bonds is 4. The Morgan fingerprint density at radius 3 is 1.56 bits per heavy atom. The molecular formula is C16H23NRu. The number of nitrogens with zero attached hydrogens (tertiary/aromatic N) is 1. The second-order valence-corrected chi connectivity index (χ2v) is 48.8. The third-order valence-corrected chi connectivity index (χ3v) is 84.1. The van der Waals surface area contributed by atoms with Gasteiger partial charge in [-0.05, 0) is 0 Å². The molecule has 10 fully saturated rings. The Balaban J connectivity index is 1.46. The molecule has 10 rings (SSSR count). The molecule has 10 aliphatic rings. The van der Waals surface area contributed by atoms with Crippen molar-refractivity contribution in [3.63, 3.8) is 0 Å². The van der Waals surface area contributed by atoms with E-state index in [1.54, 1.807) is 0 Å². The maximum absolute atomic E-state index is 3.06. The second kappa shape index (κ2) is 0.645. The maximum atomic E-state index is 2.88. The van der Waals surface area contributed by atoms with Gasteiger partial charge in [-0.3, -0.25) is 0 Å². The molecule has 100 valence electrons. The van der Waals surface area contributed by atoms with Gasteiger partial charge in [-0.1, -0.05) is 0 Å². The molecule has 1 nitrogen and oxygen atoms in total. The zero-order valence-electron chi connectivity index (χ0n) is 11.5. The van der Waals surface area contributed by atoms with Gasteiger partial charge in [-0.2, -0.15) is 0 Å². The van der Waals surface area contributed by atoms with Crippen LogP contribution in [0.15, 0.2) is 0 Å². The van der Waals surface area contributed by atoms with Crippen LogP contribution in [0.2, 0.25) is 44.6 Å². The van der Waals surface area contributed by atoms with E-state index in [0.717, 1.165) is 10.1 Å². The molecule has 5 atom stereocenters. The van der Waals surface area contributed by atoms with Gasteiger partial charge in [-0.25, -0.2) is 0 Å². The first kappa shape index (κ1) is 7.55. The Kier molecular flexibility index (Phi) is 0.271. The molecule has 1 spiro atoms. The van der Waals surface area contributed by atoms with Crippen LogP contribution in [0.4, 0.5) is 0 Å². The number of hydrogen-bond acceptors (Lipinski definition) is 1. The minimum absolute atomic E-state index is 1.02. The standard InChI is InChI=1S/C11H18N.C5H5.Ru/c1-4-12(5-2)10(3)11-8-6-7-9-11;1-2-4-5-3-1;/h6-10H,4-5H2,1-3H3;1-5H;. The molecule has 0 saturated carbocycles. The summed E-state index contributed by atoms with van der Waals surface area (Å²) in [6.07, 6.45) is 0. The summed E-state index contributed by atoms with van der Waals surface area (Å²) >= 11 is 0. The number of hydrogen-bond donors (Lipinski definition) is 0. The van der Waals surface area contributed by atoms with Gasteiger partial charge in [0.05, 0.1) is 0 Å². The number of fused-ring (bicyclic) bond motifs is 10. The summed E-state index contributed by atoms with van der Waals surface area (Å²) in [5.74, 6) is 0. The van der Waals surface area contributed by atoms with Gasteiger partial charge in [-0.15, -0.1) is 0 Å². The predicted octanol–water partition coefficient (Wildman–Crippen LogP) is 4.48. The predicted molar refractivity (Wildman–Crippen MR) is 68.8 cm³/mol. The van der Waals surface area contributed by atoms with E-state index in [0.29, 0.717) is 0 Å². The van der Waals surface area contributed by atoms with Crippen LogP contribution in [-0.4, -0.2) is 24.0 Å². The van der Waals surface area contributed by atoms with E-state index < -0.39 is 7.72 Å². The minimum atomic E-state index is -3.06. The molecule has 0 bridgehead atoms. The molecule has 0 amide bonds. The van der Waals surface area contributed by atoms with Crippen LogP contribution in [0.1, 0.15) is 20.8 Å². The van der Waals surface area contributed by atoms with Gasteiger partial charge in [0.15, 0.2) is 0 Å². The van der Waals surface area contributed by atoms with Crippen LogP contribution in [0, 0.1) is 0 Å². The summed E-state index contributed by atoms with van der Waals surface area (Å²) in [4.78, 5) is 2.88. The third-order valence-electron chi connectivity index (χ3n) is 16.8. The average molecular weight is 330 g/mol. The molecule has 0 aromatic heterocycles. The van der Waals surface area contributed by atoms with E-state index in [9.17, 15) is 0 Å². The first-order valence-corrected chi connectivity index (χ1v) is 18.3. The summed E-state index contributed by atoms with van der Waals surface area (Å²) in [6.45, 7) is 10.1.